The molecule has 1 aliphatic heterocycles. The van der Waals surface area contributed by atoms with Gasteiger partial charge in [-0.05, 0) is 24.3 Å². The van der Waals surface area contributed by atoms with E-state index in [-0.39, 0.29) is 18.1 Å². The van der Waals surface area contributed by atoms with Gasteiger partial charge in [0.15, 0.2) is 0 Å². The van der Waals surface area contributed by atoms with Crippen LogP contribution in [0.5, 0.6) is 5.75 Å². The molecule has 0 aromatic heterocycles. The molecule has 1 aliphatic rings. The Bertz CT molecular complexity index is 928. The summed E-state index contributed by atoms with van der Waals surface area (Å²) in [4.78, 5) is 12.4. The van der Waals surface area contributed by atoms with Crippen LogP contribution >= 0.6 is 0 Å². The topological polar surface area (TPSA) is 152 Å². The summed E-state index contributed by atoms with van der Waals surface area (Å²) in [6.07, 6.45) is -7.13. The zero-order valence-corrected chi connectivity index (χ0v) is 15.9. The lowest BCUT2D eigenvalue weighted by atomic mass is 9.99. The Morgan fingerprint density at radius 1 is 1.10 bits per heavy atom. The molecule has 5 unspecified atom stereocenters. The Morgan fingerprint density at radius 2 is 1.87 bits per heavy atom. The van der Waals surface area contributed by atoms with Crippen LogP contribution < -0.4 is 10.1 Å². The Labute approximate surface area is 172 Å². The first-order valence-electron chi connectivity index (χ1n) is 9.28. The number of nitrogens with one attached hydrogen (secondary N) is 1. The Kier molecular flexibility index (Phi) is 6.99. The zero-order chi connectivity index (χ0) is 21.7. The highest BCUT2D eigenvalue weighted by molar-refractivity contribution is 5.92. The molecular formula is C21H22N2O7. The van der Waals surface area contributed by atoms with Gasteiger partial charge in [-0.3, -0.25) is 4.79 Å². The van der Waals surface area contributed by atoms with Crippen LogP contribution in [0.4, 0.5) is 5.69 Å². The van der Waals surface area contributed by atoms with Gasteiger partial charge in [-0.25, -0.2) is 0 Å². The smallest absolute Gasteiger partial charge is 0.229 e. The third kappa shape index (κ3) is 4.94. The standard InChI is InChI=1S/C21H22N2O7/c22-10-12-4-3-6-14(8-12)23-17(25)9-13-5-1-2-7-15(13)29-21-20(28)19(27)18(26)16(11-24)30-21/h1-8,16,18-21,24,26-28H,9,11H2,(H,23,25). The Balaban J connectivity index is 1.71. The number of nitriles is 1. The first kappa shape index (κ1) is 21.7. The van der Waals surface area contributed by atoms with E-state index in [9.17, 15) is 25.2 Å². The Hall–Kier alpha value is -3.00. The summed E-state index contributed by atoms with van der Waals surface area (Å²) in [6.45, 7) is -0.573. The molecule has 1 fully saturated rings. The lowest BCUT2D eigenvalue weighted by molar-refractivity contribution is -0.277. The van der Waals surface area contributed by atoms with Gasteiger partial charge in [0.05, 0.1) is 24.7 Å². The van der Waals surface area contributed by atoms with Crippen molar-refractivity contribution in [3.63, 3.8) is 0 Å². The number of hydrogen-bond donors (Lipinski definition) is 5. The molecule has 5 atom stereocenters. The third-order valence-electron chi connectivity index (χ3n) is 4.69. The van der Waals surface area contributed by atoms with E-state index >= 15 is 0 Å². The number of carbonyl (C=O) groups excluding carboxylic acids is 1. The van der Waals surface area contributed by atoms with Crippen LogP contribution in [0.15, 0.2) is 48.5 Å². The van der Waals surface area contributed by atoms with Gasteiger partial charge in [0.25, 0.3) is 0 Å². The van der Waals surface area contributed by atoms with E-state index in [1.54, 1.807) is 48.5 Å². The minimum absolute atomic E-state index is 0.0651. The molecule has 9 nitrogen and oxygen atoms in total. The molecule has 2 aromatic carbocycles. The molecule has 0 spiro atoms. The molecule has 30 heavy (non-hydrogen) atoms. The highest BCUT2D eigenvalue weighted by atomic mass is 16.7. The molecule has 1 heterocycles. The fraction of sp³-hybridized carbons (Fsp3) is 0.333. The maximum Gasteiger partial charge on any atom is 0.229 e. The van der Waals surface area contributed by atoms with Gasteiger partial charge in [-0.15, -0.1) is 0 Å². The number of hydrogen-bond acceptors (Lipinski definition) is 8. The summed E-state index contributed by atoms with van der Waals surface area (Å²) >= 11 is 0. The van der Waals surface area contributed by atoms with E-state index in [0.717, 1.165) is 0 Å². The summed E-state index contributed by atoms with van der Waals surface area (Å²) in [5, 5.41) is 50.9. The van der Waals surface area contributed by atoms with Crippen LogP contribution in [0.2, 0.25) is 0 Å². The van der Waals surface area contributed by atoms with Crippen LogP contribution in [0.3, 0.4) is 0 Å². The Morgan fingerprint density at radius 3 is 2.60 bits per heavy atom. The lowest BCUT2D eigenvalue weighted by Gasteiger charge is -2.39. The van der Waals surface area contributed by atoms with Gasteiger partial charge in [-0.2, -0.15) is 5.26 Å². The zero-order valence-electron chi connectivity index (χ0n) is 15.9. The van der Waals surface area contributed by atoms with Gasteiger partial charge >= 0.3 is 0 Å². The predicted molar refractivity (Wildman–Crippen MR) is 104 cm³/mol. The molecule has 158 valence electrons. The number of aliphatic hydroxyl groups excluding tert-OH is 4. The fourth-order valence-electron chi connectivity index (χ4n) is 3.10. The highest BCUT2D eigenvalue weighted by Gasteiger charge is 2.44. The summed E-state index contributed by atoms with van der Waals surface area (Å²) < 4.78 is 11.0. The van der Waals surface area contributed by atoms with E-state index in [2.05, 4.69) is 5.32 Å². The minimum Gasteiger partial charge on any atom is -0.462 e. The maximum atomic E-state index is 12.4. The number of carbonyl (C=O) groups is 1. The van der Waals surface area contributed by atoms with Crippen molar-refractivity contribution >= 4 is 11.6 Å². The highest BCUT2D eigenvalue weighted by Crippen LogP contribution is 2.27. The fourth-order valence-corrected chi connectivity index (χ4v) is 3.10. The van der Waals surface area contributed by atoms with Gasteiger partial charge in [0.1, 0.15) is 30.2 Å². The van der Waals surface area contributed by atoms with Crippen LogP contribution in [-0.4, -0.2) is 63.6 Å². The monoisotopic (exact) mass is 414 g/mol. The molecule has 0 radical (unpaired) electrons. The van der Waals surface area contributed by atoms with E-state index in [1.165, 1.54) is 0 Å². The molecule has 1 saturated heterocycles. The van der Waals surface area contributed by atoms with Gasteiger partial charge in [-0.1, -0.05) is 24.3 Å². The quantitative estimate of drug-likeness (QED) is 0.440. The molecular weight excluding hydrogens is 392 g/mol. The van der Waals surface area contributed by atoms with E-state index in [4.69, 9.17) is 14.7 Å². The molecule has 1 amide bonds. The number of benzene rings is 2. The number of nitrogens with zero attached hydrogens (tertiary/aromatic N) is 1. The molecule has 0 saturated carbocycles. The van der Waals surface area contributed by atoms with Crippen LogP contribution in [-0.2, 0) is 16.0 Å². The summed E-state index contributed by atoms with van der Waals surface area (Å²) in [7, 11) is 0. The number of amides is 1. The third-order valence-corrected chi connectivity index (χ3v) is 4.69. The summed E-state index contributed by atoms with van der Waals surface area (Å²) in [6, 6.07) is 15.1. The first-order chi connectivity index (χ1) is 14.4. The molecule has 0 aliphatic carbocycles. The average Bonchev–Trinajstić information content (AvgIpc) is 2.75. The minimum atomic E-state index is -1.57. The maximum absolute atomic E-state index is 12.4. The van der Waals surface area contributed by atoms with Gasteiger partial charge in [0, 0.05) is 11.3 Å². The lowest BCUT2D eigenvalue weighted by Crippen LogP contribution is -2.60. The number of ether oxygens (including phenoxy) is 2. The second kappa shape index (κ2) is 9.67. The van der Waals surface area contributed by atoms with Crippen molar-refractivity contribution in [3.8, 4) is 11.8 Å². The second-order valence-electron chi connectivity index (χ2n) is 6.84. The van der Waals surface area contributed by atoms with Gasteiger partial charge in [0.2, 0.25) is 12.2 Å². The number of para-hydroxylation sites is 1. The van der Waals surface area contributed by atoms with E-state index < -0.39 is 37.3 Å². The van der Waals surface area contributed by atoms with Crippen molar-refractivity contribution in [1.29, 1.82) is 5.26 Å². The van der Waals surface area contributed by atoms with Crippen molar-refractivity contribution in [2.24, 2.45) is 0 Å². The van der Waals surface area contributed by atoms with E-state index in [0.29, 0.717) is 16.8 Å². The summed E-state index contributed by atoms with van der Waals surface area (Å²) in [5.74, 6) is -0.113. The van der Waals surface area contributed by atoms with Crippen molar-refractivity contribution in [1.82, 2.24) is 0 Å². The molecule has 2 aromatic rings. The van der Waals surface area contributed by atoms with Crippen molar-refractivity contribution < 1.29 is 34.7 Å². The first-order valence-corrected chi connectivity index (χ1v) is 9.28. The second-order valence-corrected chi connectivity index (χ2v) is 6.84. The molecule has 9 heteroatoms. The number of anilines is 1. The largest absolute Gasteiger partial charge is 0.462 e. The molecule has 3 rings (SSSR count). The van der Waals surface area contributed by atoms with Crippen molar-refractivity contribution in [2.45, 2.75) is 37.1 Å². The van der Waals surface area contributed by atoms with Gasteiger partial charge < -0.3 is 35.2 Å². The number of aliphatic hydroxyl groups is 4. The normalized spacial score (nSPS) is 25.9. The summed E-state index contributed by atoms with van der Waals surface area (Å²) in [5.41, 5.74) is 1.38. The SMILES string of the molecule is N#Cc1cccc(NC(=O)Cc2ccccc2OC2OC(CO)C(O)C(O)C2O)c1. The van der Waals surface area contributed by atoms with Crippen LogP contribution in [0.25, 0.3) is 0 Å². The van der Waals surface area contributed by atoms with Crippen molar-refractivity contribution in [3.05, 3.63) is 59.7 Å². The van der Waals surface area contributed by atoms with Crippen LogP contribution in [0.1, 0.15) is 11.1 Å². The predicted octanol–water partition coefficient (Wildman–Crippen LogP) is -0.0818. The average molecular weight is 414 g/mol. The van der Waals surface area contributed by atoms with Crippen molar-refractivity contribution in [2.75, 3.05) is 11.9 Å². The molecule has 5 N–H and O–H groups in total. The number of rotatable bonds is 6. The van der Waals surface area contributed by atoms with Crippen LogP contribution in [0, 0.1) is 11.3 Å². The van der Waals surface area contributed by atoms with E-state index in [1.807, 2.05) is 6.07 Å². The molecule has 0 bridgehead atoms.